The SMILES string of the molecule is CC1CCCN1C(=O)C(NC(=O)COCCN1CCNCC1)C(C)(C)C.Cc1ncsc1-c1ccc(CNC=O)cc1. The number of nitrogens with one attached hydrogen (secondary N) is 3. The van der Waals surface area contributed by atoms with Crippen LogP contribution in [0.2, 0.25) is 0 Å². The standard InChI is InChI=1S/C19H36N4O3.C12H12N2OS/c1-15-6-5-9-23(15)18(25)17(19(2,3)4)21-16(24)14-26-13-12-22-10-7-20-8-11-22;1-9-12(16-8-14-9)11-4-2-10(3-5-11)6-13-7-15/h15,17,20H,5-14H2,1-4H3,(H,21,24);2-5,7-8H,6H2,1H3,(H,13,15). The highest BCUT2D eigenvalue weighted by Crippen LogP contribution is 2.27. The number of aromatic nitrogens is 1. The van der Waals surface area contributed by atoms with Crippen molar-refractivity contribution in [1.82, 2.24) is 30.7 Å². The Labute approximate surface area is 254 Å². The van der Waals surface area contributed by atoms with Gasteiger partial charge in [0, 0.05) is 51.9 Å². The highest BCUT2D eigenvalue weighted by molar-refractivity contribution is 7.13. The number of piperazine rings is 1. The Morgan fingerprint density at radius 3 is 2.48 bits per heavy atom. The minimum absolute atomic E-state index is 0.00149. The zero-order valence-corrected chi connectivity index (χ0v) is 26.6. The lowest BCUT2D eigenvalue weighted by Gasteiger charge is -2.35. The molecule has 1 aromatic heterocycles. The highest BCUT2D eigenvalue weighted by Gasteiger charge is 2.38. The van der Waals surface area contributed by atoms with Gasteiger partial charge < -0.3 is 25.6 Å². The van der Waals surface area contributed by atoms with E-state index in [1.165, 1.54) is 10.4 Å². The van der Waals surface area contributed by atoms with Gasteiger partial charge in [0.1, 0.15) is 12.6 Å². The van der Waals surface area contributed by atoms with Crippen molar-refractivity contribution in [2.45, 2.75) is 66.1 Å². The minimum atomic E-state index is -0.521. The fourth-order valence-corrected chi connectivity index (χ4v) is 5.90. The molecule has 232 valence electrons. The lowest BCUT2D eigenvalue weighted by atomic mass is 9.85. The van der Waals surface area contributed by atoms with Gasteiger partial charge in [0.15, 0.2) is 0 Å². The number of amides is 3. The largest absolute Gasteiger partial charge is 0.370 e. The van der Waals surface area contributed by atoms with Gasteiger partial charge >= 0.3 is 0 Å². The monoisotopic (exact) mass is 600 g/mol. The zero-order chi connectivity index (χ0) is 30.5. The van der Waals surface area contributed by atoms with E-state index < -0.39 is 6.04 Å². The number of carbonyl (C=O) groups excluding carboxylic acids is 3. The summed E-state index contributed by atoms with van der Waals surface area (Å²) in [6, 6.07) is 7.88. The summed E-state index contributed by atoms with van der Waals surface area (Å²) in [4.78, 5) is 45.1. The molecule has 3 N–H and O–H groups in total. The Balaban J connectivity index is 0.000000258. The average molecular weight is 601 g/mol. The molecule has 2 aromatic rings. The van der Waals surface area contributed by atoms with Crippen molar-refractivity contribution < 1.29 is 19.1 Å². The summed E-state index contributed by atoms with van der Waals surface area (Å²) in [6.45, 7) is 16.8. The van der Waals surface area contributed by atoms with E-state index in [4.69, 9.17) is 4.74 Å². The fraction of sp³-hybridized carbons (Fsp3) is 0.613. The van der Waals surface area contributed by atoms with Crippen LogP contribution in [-0.4, -0.2) is 97.6 Å². The predicted octanol–water partition coefficient (Wildman–Crippen LogP) is 2.81. The van der Waals surface area contributed by atoms with Crippen molar-refractivity contribution in [3.05, 3.63) is 41.0 Å². The first-order chi connectivity index (χ1) is 20.1. The van der Waals surface area contributed by atoms with Gasteiger partial charge in [-0.3, -0.25) is 19.3 Å². The Bertz CT molecular complexity index is 1130. The molecule has 2 saturated heterocycles. The van der Waals surface area contributed by atoms with E-state index in [0.29, 0.717) is 19.6 Å². The number of hydrogen-bond acceptors (Lipinski definition) is 8. The molecule has 0 radical (unpaired) electrons. The molecule has 3 amide bonds. The topological polar surface area (TPSA) is 116 Å². The second kappa shape index (κ2) is 16.7. The molecule has 2 aliphatic heterocycles. The van der Waals surface area contributed by atoms with Crippen LogP contribution in [0.4, 0.5) is 0 Å². The van der Waals surface area contributed by atoms with E-state index in [2.05, 4.69) is 44.9 Å². The van der Waals surface area contributed by atoms with Crippen LogP contribution in [0.1, 0.15) is 51.8 Å². The first kappa shape index (κ1) is 33.6. The Morgan fingerprint density at radius 1 is 1.19 bits per heavy atom. The number of rotatable bonds is 11. The van der Waals surface area contributed by atoms with E-state index >= 15 is 0 Å². The van der Waals surface area contributed by atoms with Gasteiger partial charge in [-0.15, -0.1) is 11.3 Å². The number of likely N-dealkylation sites (tertiary alicyclic amines) is 1. The van der Waals surface area contributed by atoms with Gasteiger partial charge in [0.25, 0.3) is 0 Å². The minimum Gasteiger partial charge on any atom is -0.370 e. The number of nitrogens with zero attached hydrogens (tertiary/aromatic N) is 3. The molecular formula is C31H48N6O4S. The summed E-state index contributed by atoms with van der Waals surface area (Å²) in [5.41, 5.74) is 4.85. The molecule has 4 rings (SSSR count). The van der Waals surface area contributed by atoms with Crippen LogP contribution in [0, 0.1) is 12.3 Å². The third-order valence-corrected chi connectivity index (χ3v) is 8.58. The maximum Gasteiger partial charge on any atom is 0.246 e. The lowest BCUT2D eigenvalue weighted by molar-refractivity contribution is -0.141. The molecule has 10 nitrogen and oxygen atoms in total. The molecule has 2 aliphatic rings. The van der Waals surface area contributed by atoms with Crippen LogP contribution in [0.25, 0.3) is 10.4 Å². The molecule has 0 spiro atoms. The van der Waals surface area contributed by atoms with Gasteiger partial charge in [-0.1, -0.05) is 45.0 Å². The summed E-state index contributed by atoms with van der Waals surface area (Å²) in [7, 11) is 0. The molecule has 2 fully saturated rings. The molecular weight excluding hydrogens is 552 g/mol. The van der Waals surface area contributed by atoms with E-state index in [1.54, 1.807) is 11.3 Å². The van der Waals surface area contributed by atoms with Crippen molar-refractivity contribution in [3.63, 3.8) is 0 Å². The Kier molecular flexibility index (Phi) is 13.4. The number of hydrogen-bond donors (Lipinski definition) is 3. The van der Waals surface area contributed by atoms with Crippen LogP contribution < -0.4 is 16.0 Å². The Morgan fingerprint density at radius 2 is 1.90 bits per heavy atom. The summed E-state index contributed by atoms with van der Waals surface area (Å²) in [5, 5.41) is 8.87. The molecule has 0 saturated carbocycles. The van der Waals surface area contributed by atoms with Gasteiger partial charge in [0.05, 0.1) is 22.7 Å². The number of thiazole rings is 1. The molecule has 2 atom stereocenters. The molecule has 42 heavy (non-hydrogen) atoms. The quantitative estimate of drug-likeness (QED) is 0.268. The van der Waals surface area contributed by atoms with Crippen molar-refractivity contribution in [2.75, 3.05) is 52.5 Å². The van der Waals surface area contributed by atoms with Crippen LogP contribution in [0.3, 0.4) is 0 Å². The van der Waals surface area contributed by atoms with Gasteiger partial charge in [0.2, 0.25) is 18.2 Å². The van der Waals surface area contributed by atoms with E-state index in [-0.39, 0.29) is 29.9 Å². The van der Waals surface area contributed by atoms with Crippen molar-refractivity contribution in [3.8, 4) is 10.4 Å². The van der Waals surface area contributed by atoms with E-state index in [9.17, 15) is 14.4 Å². The highest BCUT2D eigenvalue weighted by atomic mass is 32.1. The predicted molar refractivity (Wildman–Crippen MR) is 167 cm³/mol. The number of benzene rings is 1. The summed E-state index contributed by atoms with van der Waals surface area (Å²) in [5.74, 6) is -0.192. The van der Waals surface area contributed by atoms with Crippen molar-refractivity contribution >= 4 is 29.6 Å². The summed E-state index contributed by atoms with van der Waals surface area (Å²) < 4.78 is 5.54. The van der Waals surface area contributed by atoms with Crippen molar-refractivity contribution in [1.29, 1.82) is 0 Å². The third kappa shape index (κ3) is 10.4. The van der Waals surface area contributed by atoms with Crippen LogP contribution >= 0.6 is 11.3 Å². The average Bonchev–Trinajstić information content (AvgIpc) is 3.61. The smallest absolute Gasteiger partial charge is 0.246 e. The second-order valence-electron chi connectivity index (χ2n) is 12.0. The number of ether oxygens (including phenoxy) is 1. The van der Waals surface area contributed by atoms with Crippen LogP contribution in [-0.2, 0) is 25.7 Å². The Hall–Kier alpha value is -2.86. The second-order valence-corrected chi connectivity index (χ2v) is 12.9. The third-order valence-electron chi connectivity index (χ3n) is 7.60. The van der Waals surface area contributed by atoms with Gasteiger partial charge in [-0.25, -0.2) is 4.98 Å². The maximum absolute atomic E-state index is 12.9. The molecule has 1 aromatic carbocycles. The van der Waals surface area contributed by atoms with Crippen LogP contribution in [0.5, 0.6) is 0 Å². The van der Waals surface area contributed by atoms with Gasteiger partial charge in [-0.2, -0.15) is 0 Å². The number of aryl methyl sites for hydroxylation is 1. The van der Waals surface area contributed by atoms with E-state index in [1.807, 2.05) is 50.2 Å². The van der Waals surface area contributed by atoms with Gasteiger partial charge in [-0.05, 0) is 43.2 Å². The van der Waals surface area contributed by atoms with Crippen molar-refractivity contribution in [2.24, 2.45) is 5.41 Å². The molecule has 3 heterocycles. The fourth-order valence-electron chi connectivity index (χ4n) is 5.08. The molecule has 2 unspecified atom stereocenters. The van der Waals surface area contributed by atoms with Crippen LogP contribution in [0.15, 0.2) is 29.8 Å². The zero-order valence-electron chi connectivity index (χ0n) is 25.8. The number of carbonyl (C=O) groups is 3. The normalized spacial score (nSPS) is 18.1. The summed E-state index contributed by atoms with van der Waals surface area (Å²) in [6.07, 6.45) is 2.78. The first-order valence-electron chi connectivity index (χ1n) is 14.9. The lowest BCUT2D eigenvalue weighted by Crippen LogP contribution is -2.56. The summed E-state index contributed by atoms with van der Waals surface area (Å²) >= 11 is 1.64. The molecule has 0 aliphatic carbocycles. The van der Waals surface area contributed by atoms with E-state index in [0.717, 1.165) is 63.4 Å². The maximum atomic E-state index is 12.9. The first-order valence-corrected chi connectivity index (χ1v) is 15.7. The molecule has 11 heteroatoms. The molecule has 0 bridgehead atoms.